The van der Waals surface area contributed by atoms with Crippen LogP contribution in [0.1, 0.15) is 140 Å². The van der Waals surface area contributed by atoms with Crippen molar-refractivity contribution in [3.8, 4) is 170 Å². The Labute approximate surface area is 788 Å². The van der Waals surface area contributed by atoms with E-state index >= 15 is 0 Å². The first kappa shape index (κ1) is 79.7. The Morgan fingerprint density at radius 3 is 0.581 bits per heavy atom. The van der Waals surface area contributed by atoms with Crippen molar-refractivity contribution in [2.24, 2.45) is 0 Å². The summed E-state index contributed by atoms with van der Waals surface area (Å²) < 4.78 is 0. The van der Waals surface area contributed by atoms with Gasteiger partial charge in [0.25, 0.3) is 0 Å². The van der Waals surface area contributed by atoms with Crippen LogP contribution in [0.3, 0.4) is 0 Å². The monoisotopic (exact) mass is 1740 g/mol. The lowest BCUT2D eigenvalue weighted by atomic mass is 9.61. The summed E-state index contributed by atoms with van der Waals surface area (Å²) in [7, 11) is 0. The molecule has 4 bridgehead atoms. The zero-order valence-electron chi connectivity index (χ0n) is 74.9. The Hall–Kier alpha value is -17.2. The quantitative estimate of drug-likeness (QED) is 0.108. The summed E-state index contributed by atoms with van der Waals surface area (Å²) >= 11 is 0. The molecule has 29 rings (SSSR count). The molecule has 12 nitrogen and oxygen atoms in total. The maximum atomic E-state index is 5.28. The normalized spacial score (nSPS) is 15.5. The minimum Gasteiger partial charge on any atom is -0.208 e. The molecule has 0 radical (unpaired) electrons. The van der Waals surface area contributed by atoms with Crippen molar-refractivity contribution in [3.05, 3.63) is 502 Å². The summed E-state index contributed by atoms with van der Waals surface area (Å²) in [6, 6.07) is 146. The highest BCUT2D eigenvalue weighted by atomic mass is 15.1. The van der Waals surface area contributed by atoms with E-state index in [1.807, 2.05) is 109 Å². The zero-order valence-corrected chi connectivity index (χ0v) is 74.9. The van der Waals surface area contributed by atoms with Gasteiger partial charge in [-0.3, -0.25) is 0 Å². The van der Waals surface area contributed by atoms with Crippen molar-refractivity contribution in [1.82, 2.24) is 59.8 Å². The lowest BCUT2D eigenvalue weighted by molar-refractivity contribution is 0.660. The minimum absolute atomic E-state index is 0.0229. The SMILES string of the molecule is CC1(C)c2ccccc2-c2ccc(-c3ccc(-c4nc(-c5ccccc5)nc(-c5ccc6c(c5)C5c7ccccc7C6c6cc(-c7nc(-c8ccccc8)nc(-c8ccccc8)n7)ccc65)n4)cc3)cc21.CC1(C)c2ccccc2-c2ccc(-c3nc(-c4ccccc4)nc(-c4ccc5c(c4)C4c6ccccc6C5c5cc(-c6nc(-c7ccccc7)nc(-c7ccccc7)n6)ccc54)n3)cc21. The molecule has 0 spiro atoms. The molecule has 4 atom stereocenters. The smallest absolute Gasteiger partial charge is 0.164 e. The molecule has 8 aliphatic carbocycles. The summed E-state index contributed by atoms with van der Waals surface area (Å²) in [5, 5.41) is 0. The Morgan fingerprint density at radius 1 is 0.132 bits per heavy atom. The number of hydrogen-bond acceptors (Lipinski definition) is 12. The standard InChI is InChI=1S/C65H44N6.C59H40N6/c1-65(2)55-25-15-14-22-47(55)48-33-30-44(38-56(48)65)39-26-28-43(29-27-39)62-67-61(42-20-10-5-11-21-42)70-64(71-62)46-32-35-52-54(37-46)58-50-24-13-12-23-49(50)57(52)53-36-45(31-34-51(53)58)63-68-59(40-16-6-3-7-17-40)66-60(69-63)41-18-8-4-9-19-41;1-59(2)49-25-15-14-22-41(49)42-29-26-40(34-50(42)59)58-64-55(37-20-10-5-11-21-37)63-57(65-58)39-28-31-46-48(33-39)52-44-24-13-12-23-43(44)51(46)47-32-38(27-30-45(47)52)56-61-53(35-16-6-3-7-17-35)60-54(62-56)36-18-8-4-9-19-36/h3-38,57-58H,1-2H3;3-34,51-52H,1-2H3. The highest BCUT2D eigenvalue weighted by molar-refractivity contribution is 5.87. The number of hydrogen-bond donors (Lipinski definition) is 0. The highest BCUT2D eigenvalue weighted by Crippen LogP contribution is 2.60. The van der Waals surface area contributed by atoms with E-state index in [2.05, 4.69) is 331 Å². The first-order valence-corrected chi connectivity index (χ1v) is 46.6. The van der Waals surface area contributed by atoms with Gasteiger partial charge in [-0.05, 0) is 159 Å². The molecule has 0 saturated heterocycles. The van der Waals surface area contributed by atoms with Gasteiger partial charge in [0.05, 0.1) is 0 Å². The molecule has 4 unspecified atom stereocenters. The molecule has 0 amide bonds. The van der Waals surface area contributed by atoms with Crippen LogP contribution in [0.2, 0.25) is 0 Å². The van der Waals surface area contributed by atoms with Gasteiger partial charge in [0.1, 0.15) is 0 Å². The largest absolute Gasteiger partial charge is 0.208 e. The molecule has 12 heteroatoms. The van der Waals surface area contributed by atoms with Gasteiger partial charge in [-0.2, -0.15) is 0 Å². The molecule has 21 aromatic rings. The van der Waals surface area contributed by atoms with Crippen LogP contribution in [-0.2, 0) is 10.8 Å². The fourth-order valence-electron chi connectivity index (χ4n) is 22.1. The lowest BCUT2D eigenvalue weighted by Gasteiger charge is -2.42. The van der Waals surface area contributed by atoms with Gasteiger partial charge in [0.15, 0.2) is 69.9 Å². The highest BCUT2D eigenvalue weighted by Gasteiger charge is 2.45. The first-order valence-electron chi connectivity index (χ1n) is 46.6. The number of rotatable bonds is 13. The third-order valence-corrected chi connectivity index (χ3v) is 28.7. The van der Waals surface area contributed by atoms with Crippen molar-refractivity contribution in [2.45, 2.75) is 62.2 Å². The van der Waals surface area contributed by atoms with Crippen molar-refractivity contribution in [2.75, 3.05) is 0 Å². The van der Waals surface area contributed by atoms with E-state index in [0.29, 0.717) is 69.9 Å². The average molecular weight is 1740 g/mol. The van der Waals surface area contributed by atoms with Crippen molar-refractivity contribution < 1.29 is 0 Å². The molecule has 640 valence electrons. The fraction of sp³-hybridized carbons (Fsp3) is 0.0806. The van der Waals surface area contributed by atoms with E-state index in [1.165, 1.54) is 117 Å². The molecule has 136 heavy (non-hydrogen) atoms. The van der Waals surface area contributed by atoms with Gasteiger partial charge >= 0.3 is 0 Å². The second-order valence-corrected chi connectivity index (χ2v) is 37.2. The van der Waals surface area contributed by atoms with Crippen molar-refractivity contribution in [1.29, 1.82) is 0 Å². The molecular formula is C124H84N12. The zero-order chi connectivity index (χ0) is 90.4. The lowest BCUT2D eigenvalue weighted by Crippen LogP contribution is -2.27. The second-order valence-electron chi connectivity index (χ2n) is 37.2. The van der Waals surface area contributed by atoms with E-state index in [0.717, 1.165) is 72.3 Å². The molecular weight excluding hydrogens is 1660 g/mol. The van der Waals surface area contributed by atoms with Crippen LogP contribution in [-0.4, -0.2) is 59.8 Å². The van der Waals surface area contributed by atoms with Crippen molar-refractivity contribution >= 4 is 0 Å². The van der Waals surface area contributed by atoms with E-state index < -0.39 is 0 Å². The van der Waals surface area contributed by atoms with Crippen LogP contribution < -0.4 is 0 Å². The Bertz CT molecular complexity index is 8300. The predicted molar refractivity (Wildman–Crippen MR) is 542 cm³/mol. The molecule has 0 aliphatic heterocycles. The maximum absolute atomic E-state index is 5.28. The summed E-state index contributed by atoms with van der Waals surface area (Å²) in [5.74, 6) is 7.92. The second kappa shape index (κ2) is 31.8. The minimum atomic E-state index is -0.146. The number of benzene rings is 17. The van der Waals surface area contributed by atoms with Crippen LogP contribution in [0.15, 0.2) is 413 Å². The van der Waals surface area contributed by atoms with E-state index in [4.69, 9.17) is 59.8 Å². The average Bonchev–Trinajstić information content (AvgIpc) is 0.832. The molecule has 4 heterocycles. The molecule has 0 saturated carbocycles. The first-order chi connectivity index (χ1) is 66.9. The van der Waals surface area contributed by atoms with Crippen molar-refractivity contribution in [3.63, 3.8) is 0 Å². The van der Waals surface area contributed by atoms with Gasteiger partial charge in [-0.25, -0.2) is 59.8 Å². The van der Waals surface area contributed by atoms with Crippen LogP contribution in [0.4, 0.5) is 0 Å². The van der Waals surface area contributed by atoms with Crippen LogP contribution in [0, 0.1) is 0 Å². The predicted octanol–water partition coefficient (Wildman–Crippen LogP) is 28.4. The topological polar surface area (TPSA) is 155 Å². The molecule has 17 aromatic carbocycles. The van der Waals surface area contributed by atoms with Crippen LogP contribution in [0.25, 0.3) is 170 Å². The van der Waals surface area contributed by atoms with E-state index in [9.17, 15) is 0 Å². The Morgan fingerprint density at radius 2 is 0.309 bits per heavy atom. The molecule has 0 fully saturated rings. The Balaban J connectivity index is 0.000000142. The maximum Gasteiger partial charge on any atom is 0.164 e. The summed E-state index contributed by atoms with van der Waals surface area (Å²) in [4.78, 5) is 61.5. The number of nitrogens with zero attached hydrogens (tertiary/aromatic N) is 12. The number of aromatic nitrogens is 12. The van der Waals surface area contributed by atoms with Gasteiger partial charge in [-0.15, -0.1) is 0 Å². The molecule has 4 aromatic heterocycles. The summed E-state index contributed by atoms with van der Waals surface area (Å²) in [6.45, 7) is 9.28. The summed E-state index contributed by atoms with van der Waals surface area (Å²) in [5.41, 5.74) is 39.8. The van der Waals surface area contributed by atoms with Gasteiger partial charge in [0, 0.05) is 101 Å². The van der Waals surface area contributed by atoms with Gasteiger partial charge < -0.3 is 0 Å². The molecule has 8 aliphatic rings. The van der Waals surface area contributed by atoms with Gasteiger partial charge in [-0.1, -0.05) is 404 Å². The van der Waals surface area contributed by atoms with Gasteiger partial charge in [0.2, 0.25) is 0 Å². The Kier molecular flexibility index (Phi) is 18.6. The third kappa shape index (κ3) is 13.3. The van der Waals surface area contributed by atoms with Crippen LogP contribution >= 0.6 is 0 Å². The third-order valence-electron chi connectivity index (χ3n) is 28.7. The fourth-order valence-corrected chi connectivity index (χ4v) is 22.1. The van der Waals surface area contributed by atoms with E-state index in [-0.39, 0.29) is 34.5 Å². The molecule has 0 N–H and O–H groups in total. The van der Waals surface area contributed by atoms with Crippen LogP contribution in [0.5, 0.6) is 0 Å². The number of fused-ring (bicyclic) bond motifs is 6. The summed E-state index contributed by atoms with van der Waals surface area (Å²) in [6.07, 6.45) is 0. The van der Waals surface area contributed by atoms with E-state index in [1.54, 1.807) is 0 Å².